The Kier molecular flexibility index (Phi) is 4.06. The summed E-state index contributed by atoms with van der Waals surface area (Å²) in [6, 6.07) is 2.48. The van der Waals surface area contributed by atoms with Gasteiger partial charge in [0, 0.05) is 17.8 Å². The molecule has 1 aromatic heterocycles. The Morgan fingerprint density at radius 2 is 2.24 bits per heavy atom. The average molecular weight is 234 g/mol. The number of amides is 1. The van der Waals surface area contributed by atoms with Gasteiger partial charge in [-0.3, -0.25) is 14.4 Å². The smallest absolute Gasteiger partial charge is 0.323 e. The van der Waals surface area contributed by atoms with Gasteiger partial charge >= 0.3 is 5.97 Å². The second-order valence-electron chi connectivity index (χ2n) is 3.20. The maximum atomic E-state index is 11.8. The van der Waals surface area contributed by atoms with Gasteiger partial charge in [0.05, 0.1) is 6.54 Å². The molecule has 1 aromatic rings. The first-order valence-corrected chi connectivity index (χ1v) is 4.68. The van der Waals surface area contributed by atoms with E-state index in [0.29, 0.717) is 0 Å². The van der Waals surface area contributed by atoms with Crippen molar-refractivity contribution in [1.82, 2.24) is 9.88 Å². The number of aliphatic carboxylic acids is 1. The van der Waals surface area contributed by atoms with Crippen LogP contribution < -0.4 is 5.56 Å². The molecule has 0 atom stereocenters. The van der Waals surface area contributed by atoms with Crippen LogP contribution >= 0.6 is 0 Å². The van der Waals surface area contributed by atoms with Crippen molar-refractivity contribution in [3.05, 3.63) is 34.2 Å². The summed E-state index contributed by atoms with van der Waals surface area (Å²) in [5, 5.41) is 8.63. The first kappa shape index (κ1) is 12.5. The number of rotatable bonds is 4. The maximum Gasteiger partial charge on any atom is 0.323 e. The second-order valence-corrected chi connectivity index (χ2v) is 3.20. The summed E-state index contributed by atoms with van der Waals surface area (Å²) in [5.74, 6) is 0.440. The molecule has 0 unspecified atom stereocenters. The van der Waals surface area contributed by atoms with E-state index in [0.717, 1.165) is 11.0 Å². The third-order valence-electron chi connectivity index (χ3n) is 1.92. The molecule has 1 heterocycles. The van der Waals surface area contributed by atoms with Crippen LogP contribution in [-0.2, 0) is 4.79 Å². The Bertz CT molecular complexity index is 527. The fourth-order valence-electron chi connectivity index (χ4n) is 1.23. The topological polar surface area (TPSA) is 90.5 Å². The zero-order valence-electron chi connectivity index (χ0n) is 8.84. The molecule has 0 aliphatic heterocycles. The number of carboxylic acids is 1. The summed E-state index contributed by atoms with van der Waals surface area (Å²) >= 11 is 0. The Hall–Kier alpha value is -2.55. The fourth-order valence-corrected chi connectivity index (χ4v) is 1.23. The highest BCUT2D eigenvalue weighted by Crippen LogP contribution is 2.01. The van der Waals surface area contributed by atoms with Crippen molar-refractivity contribution in [2.75, 3.05) is 13.1 Å². The van der Waals surface area contributed by atoms with Crippen LogP contribution in [0.25, 0.3) is 0 Å². The fraction of sp³-hybridized carbons (Fsp3) is 0.182. The van der Waals surface area contributed by atoms with Gasteiger partial charge in [0.2, 0.25) is 5.56 Å². The molecular formula is C11H10N2O4. The van der Waals surface area contributed by atoms with Crippen LogP contribution in [0, 0.1) is 12.3 Å². The van der Waals surface area contributed by atoms with Crippen LogP contribution in [0.3, 0.4) is 0 Å². The molecule has 0 radical (unpaired) electrons. The number of nitrogens with zero attached hydrogens (tertiary/aromatic N) is 1. The van der Waals surface area contributed by atoms with E-state index in [-0.39, 0.29) is 12.1 Å². The van der Waals surface area contributed by atoms with Crippen LogP contribution in [0.5, 0.6) is 0 Å². The van der Waals surface area contributed by atoms with E-state index in [1.165, 1.54) is 12.3 Å². The lowest BCUT2D eigenvalue weighted by Gasteiger charge is -2.17. The summed E-state index contributed by atoms with van der Waals surface area (Å²) < 4.78 is 0. The van der Waals surface area contributed by atoms with Gasteiger partial charge in [0.15, 0.2) is 0 Å². The molecule has 6 heteroatoms. The highest BCUT2D eigenvalue weighted by Gasteiger charge is 2.17. The number of nitrogens with one attached hydrogen (secondary N) is 1. The first-order valence-electron chi connectivity index (χ1n) is 4.68. The number of carbonyl (C=O) groups excluding carboxylic acids is 1. The minimum atomic E-state index is -1.17. The zero-order chi connectivity index (χ0) is 12.8. The summed E-state index contributed by atoms with van der Waals surface area (Å²) in [6.07, 6.45) is 6.36. The molecule has 0 aromatic carbocycles. The van der Waals surface area contributed by atoms with Crippen LogP contribution in [0.4, 0.5) is 0 Å². The molecule has 17 heavy (non-hydrogen) atoms. The molecule has 0 aliphatic carbocycles. The number of aromatic nitrogens is 1. The highest BCUT2D eigenvalue weighted by molar-refractivity contribution is 5.95. The lowest BCUT2D eigenvalue weighted by Crippen LogP contribution is -2.36. The van der Waals surface area contributed by atoms with Crippen molar-refractivity contribution in [1.29, 1.82) is 0 Å². The van der Waals surface area contributed by atoms with Crippen molar-refractivity contribution >= 4 is 11.9 Å². The Balaban J connectivity index is 2.96. The quantitative estimate of drug-likeness (QED) is 0.689. The Morgan fingerprint density at radius 1 is 1.53 bits per heavy atom. The summed E-state index contributed by atoms with van der Waals surface area (Å²) in [5.41, 5.74) is -0.336. The molecule has 0 bridgehead atoms. The van der Waals surface area contributed by atoms with Crippen LogP contribution in [0.2, 0.25) is 0 Å². The average Bonchev–Trinajstić information content (AvgIpc) is 2.27. The van der Waals surface area contributed by atoms with Gasteiger partial charge in [-0.15, -0.1) is 6.42 Å². The van der Waals surface area contributed by atoms with E-state index in [1.807, 2.05) is 0 Å². The third-order valence-corrected chi connectivity index (χ3v) is 1.92. The lowest BCUT2D eigenvalue weighted by molar-refractivity contribution is -0.137. The van der Waals surface area contributed by atoms with E-state index in [1.54, 1.807) is 0 Å². The van der Waals surface area contributed by atoms with Crippen LogP contribution in [0.1, 0.15) is 10.4 Å². The maximum absolute atomic E-state index is 11.8. The molecule has 6 nitrogen and oxygen atoms in total. The Labute approximate surface area is 96.9 Å². The van der Waals surface area contributed by atoms with Gasteiger partial charge in [-0.1, -0.05) is 5.92 Å². The molecule has 2 N–H and O–H groups in total. The van der Waals surface area contributed by atoms with E-state index in [4.69, 9.17) is 11.5 Å². The number of carbonyl (C=O) groups is 2. The van der Waals surface area contributed by atoms with Crippen LogP contribution in [0.15, 0.2) is 23.1 Å². The third kappa shape index (κ3) is 3.50. The molecule has 0 fully saturated rings. The highest BCUT2D eigenvalue weighted by atomic mass is 16.4. The van der Waals surface area contributed by atoms with Gasteiger partial charge in [0.1, 0.15) is 6.54 Å². The minimum absolute atomic E-state index is 0.102. The standard InChI is InChI=1S/C11H10N2O4/c1-2-5-13(7-10(15)16)11(17)8-3-4-12-9(14)6-8/h1,3-4,6H,5,7H2,(H,12,14)(H,15,16). The minimum Gasteiger partial charge on any atom is -0.480 e. The molecular weight excluding hydrogens is 224 g/mol. The van der Waals surface area contributed by atoms with E-state index < -0.39 is 24.0 Å². The van der Waals surface area contributed by atoms with Crippen molar-refractivity contribution in [2.45, 2.75) is 0 Å². The predicted molar refractivity (Wildman–Crippen MR) is 59.4 cm³/mol. The number of terminal acetylenes is 1. The number of H-pyrrole nitrogens is 1. The number of aromatic amines is 1. The van der Waals surface area contributed by atoms with Crippen molar-refractivity contribution in [3.8, 4) is 12.3 Å². The number of hydrogen-bond donors (Lipinski definition) is 2. The molecule has 0 saturated heterocycles. The first-order chi connectivity index (χ1) is 8.04. The number of hydrogen-bond acceptors (Lipinski definition) is 3. The summed E-state index contributed by atoms with van der Waals surface area (Å²) in [6.45, 7) is -0.631. The van der Waals surface area contributed by atoms with Crippen molar-refractivity contribution in [2.24, 2.45) is 0 Å². The molecule has 0 spiro atoms. The molecule has 88 valence electrons. The molecule has 0 saturated carbocycles. The van der Waals surface area contributed by atoms with E-state index in [2.05, 4.69) is 10.9 Å². The van der Waals surface area contributed by atoms with Crippen LogP contribution in [-0.4, -0.2) is 40.0 Å². The number of carboxylic acid groups (broad SMARTS) is 1. The van der Waals surface area contributed by atoms with Crippen molar-refractivity contribution < 1.29 is 14.7 Å². The lowest BCUT2D eigenvalue weighted by atomic mass is 10.2. The zero-order valence-corrected chi connectivity index (χ0v) is 8.84. The summed E-state index contributed by atoms with van der Waals surface area (Å²) in [4.78, 5) is 36.7. The van der Waals surface area contributed by atoms with Gasteiger partial charge < -0.3 is 15.0 Å². The van der Waals surface area contributed by atoms with Gasteiger partial charge in [-0.2, -0.15) is 0 Å². The largest absolute Gasteiger partial charge is 0.480 e. The number of pyridine rings is 1. The normalized spacial score (nSPS) is 9.35. The van der Waals surface area contributed by atoms with E-state index in [9.17, 15) is 14.4 Å². The molecule has 0 aliphatic rings. The van der Waals surface area contributed by atoms with E-state index >= 15 is 0 Å². The molecule has 1 rings (SSSR count). The predicted octanol–water partition coefficient (Wildman–Crippen LogP) is -0.465. The van der Waals surface area contributed by atoms with Crippen molar-refractivity contribution in [3.63, 3.8) is 0 Å². The second kappa shape index (κ2) is 5.51. The van der Waals surface area contributed by atoms with Gasteiger partial charge in [-0.05, 0) is 6.07 Å². The molecule has 1 amide bonds. The monoisotopic (exact) mass is 234 g/mol. The summed E-state index contributed by atoms with van der Waals surface area (Å²) in [7, 11) is 0. The van der Waals surface area contributed by atoms with Gasteiger partial charge in [0.25, 0.3) is 5.91 Å². The SMILES string of the molecule is C#CCN(CC(=O)O)C(=O)c1cc[nH]c(=O)c1. The van der Waals surface area contributed by atoms with Gasteiger partial charge in [-0.25, -0.2) is 0 Å². The Morgan fingerprint density at radius 3 is 2.76 bits per heavy atom.